The van der Waals surface area contributed by atoms with Gasteiger partial charge in [0.1, 0.15) is 0 Å². The van der Waals surface area contributed by atoms with Crippen LogP contribution in [-0.4, -0.2) is 28.0 Å². The van der Waals surface area contributed by atoms with Crippen molar-refractivity contribution >= 4 is 0 Å². The second kappa shape index (κ2) is 5.41. The van der Waals surface area contributed by atoms with Gasteiger partial charge in [0.15, 0.2) is 0 Å². The van der Waals surface area contributed by atoms with Crippen molar-refractivity contribution < 1.29 is 5.11 Å². The molecular formula is C14H25N3O. The summed E-state index contributed by atoms with van der Waals surface area (Å²) in [6.45, 7) is 6.44. The molecule has 1 aromatic rings. The Bertz CT molecular complexity index is 407. The van der Waals surface area contributed by atoms with Crippen LogP contribution >= 0.6 is 0 Å². The van der Waals surface area contributed by atoms with Gasteiger partial charge < -0.3 is 10.4 Å². The molecule has 0 radical (unpaired) electrons. The second-order valence-corrected chi connectivity index (χ2v) is 5.46. The number of aliphatic hydroxyl groups excluding tert-OH is 1. The minimum Gasteiger partial charge on any atom is -0.396 e. The van der Waals surface area contributed by atoms with Crippen LogP contribution in [0.5, 0.6) is 0 Å². The minimum atomic E-state index is 0.182. The predicted molar refractivity (Wildman–Crippen MR) is 72.4 cm³/mol. The first-order valence-electron chi connectivity index (χ1n) is 7.01. The summed E-state index contributed by atoms with van der Waals surface area (Å²) >= 11 is 0. The van der Waals surface area contributed by atoms with E-state index >= 15 is 0 Å². The summed E-state index contributed by atoms with van der Waals surface area (Å²) < 4.78 is 2.01. The number of hydrogen-bond donors (Lipinski definition) is 2. The Morgan fingerprint density at radius 3 is 2.56 bits per heavy atom. The maximum absolute atomic E-state index is 9.30. The van der Waals surface area contributed by atoms with Crippen LogP contribution in [-0.2, 0) is 26.4 Å². The normalized spacial score (nSPS) is 17.1. The first-order valence-corrected chi connectivity index (χ1v) is 7.01. The van der Waals surface area contributed by atoms with Gasteiger partial charge in [-0.25, -0.2) is 0 Å². The van der Waals surface area contributed by atoms with Gasteiger partial charge in [0.25, 0.3) is 0 Å². The van der Waals surface area contributed by atoms with Crippen molar-refractivity contribution in [1.29, 1.82) is 0 Å². The van der Waals surface area contributed by atoms with Crippen molar-refractivity contribution in [2.75, 3.05) is 13.2 Å². The third-order valence-electron chi connectivity index (χ3n) is 4.12. The van der Waals surface area contributed by atoms with E-state index in [1.165, 1.54) is 17.0 Å². The average molecular weight is 251 g/mol. The van der Waals surface area contributed by atoms with Crippen molar-refractivity contribution in [2.45, 2.75) is 46.1 Å². The number of nitrogens with zero attached hydrogens (tertiary/aromatic N) is 2. The zero-order valence-corrected chi connectivity index (χ0v) is 11.8. The SMILES string of the molecule is CCc1nn(C)c(CC)c1CNCC1(CO)CC1. The highest BCUT2D eigenvalue weighted by atomic mass is 16.3. The lowest BCUT2D eigenvalue weighted by atomic mass is 10.1. The van der Waals surface area contributed by atoms with Gasteiger partial charge >= 0.3 is 0 Å². The Kier molecular flexibility index (Phi) is 4.07. The molecule has 0 atom stereocenters. The summed E-state index contributed by atoms with van der Waals surface area (Å²) in [4.78, 5) is 0. The Morgan fingerprint density at radius 2 is 2.06 bits per heavy atom. The number of nitrogens with one attached hydrogen (secondary N) is 1. The van der Waals surface area contributed by atoms with Crippen LogP contribution in [0.3, 0.4) is 0 Å². The zero-order chi connectivity index (χ0) is 13.2. The van der Waals surface area contributed by atoms with Crippen molar-refractivity contribution in [3.8, 4) is 0 Å². The van der Waals surface area contributed by atoms with Crippen molar-refractivity contribution in [1.82, 2.24) is 15.1 Å². The molecule has 102 valence electrons. The zero-order valence-electron chi connectivity index (χ0n) is 11.8. The van der Waals surface area contributed by atoms with Gasteiger partial charge in [0.05, 0.1) is 5.69 Å². The molecule has 0 bridgehead atoms. The lowest BCUT2D eigenvalue weighted by molar-refractivity contribution is 0.207. The quantitative estimate of drug-likeness (QED) is 0.770. The van der Waals surface area contributed by atoms with Gasteiger partial charge in [-0.1, -0.05) is 13.8 Å². The highest BCUT2D eigenvalue weighted by Crippen LogP contribution is 2.44. The molecule has 1 saturated carbocycles. The lowest BCUT2D eigenvalue weighted by Crippen LogP contribution is -2.26. The van der Waals surface area contributed by atoms with Crippen molar-refractivity contribution in [2.24, 2.45) is 12.5 Å². The van der Waals surface area contributed by atoms with Crippen LogP contribution in [0.2, 0.25) is 0 Å². The van der Waals surface area contributed by atoms with Crippen molar-refractivity contribution in [3.05, 3.63) is 17.0 Å². The monoisotopic (exact) mass is 251 g/mol. The van der Waals surface area contributed by atoms with Gasteiger partial charge in [-0.2, -0.15) is 5.10 Å². The summed E-state index contributed by atoms with van der Waals surface area (Å²) in [5.74, 6) is 0. The van der Waals surface area contributed by atoms with E-state index in [2.05, 4.69) is 24.3 Å². The van der Waals surface area contributed by atoms with Gasteiger partial charge in [0.2, 0.25) is 0 Å². The molecule has 1 heterocycles. The predicted octanol–water partition coefficient (Wildman–Crippen LogP) is 1.41. The fourth-order valence-corrected chi connectivity index (χ4v) is 2.61. The smallest absolute Gasteiger partial charge is 0.0669 e. The molecule has 1 aliphatic rings. The van der Waals surface area contributed by atoms with Gasteiger partial charge in [-0.15, -0.1) is 0 Å². The van der Waals surface area contributed by atoms with Crippen LogP contribution in [0.15, 0.2) is 0 Å². The molecule has 2 N–H and O–H groups in total. The van der Waals surface area contributed by atoms with E-state index in [9.17, 15) is 5.11 Å². The molecule has 0 aliphatic heterocycles. The van der Waals surface area contributed by atoms with E-state index in [0.29, 0.717) is 6.61 Å². The molecule has 4 nitrogen and oxygen atoms in total. The number of rotatable bonds is 7. The lowest BCUT2D eigenvalue weighted by Gasteiger charge is -2.13. The molecular weight excluding hydrogens is 226 g/mol. The van der Waals surface area contributed by atoms with Gasteiger partial charge in [0, 0.05) is 43.4 Å². The molecule has 2 rings (SSSR count). The van der Waals surface area contributed by atoms with Crippen molar-refractivity contribution in [3.63, 3.8) is 0 Å². The van der Waals surface area contributed by atoms with Crippen LogP contribution in [0.1, 0.15) is 43.6 Å². The number of hydrogen-bond acceptors (Lipinski definition) is 3. The highest BCUT2D eigenvalue weighted by molar-refractivity contribution is 5.26. The molecule has 0 saturated heterocycles. The standard InChI is InChI=1S/C14H25N3O/c1-4-12-11(13(5-2)17(3)16-12)8-15-9-14(10-18)6-7-14/h15,18H,4-10H2,1-3H3. The minimum absolute atomic E-state index is 0.182. The molecule has 18 heavy (non-hydrogen) atoms. The fourth-order valence-electron chi connectivity index (χ4n) is 2.61. The second-order valence-electron chi connectivity index (χ2n) is 5.46. The van der Waals surface area contributed by atoms with E-state index in [1.54, 1.807) is 0 Å². The first kappa shape index (κ1) is 13.6. The van der Waals surface area contributed by atoms with E-state index in [1.807, 2.05) is 11.7 Å². The summed E-state index contributed by atoms with van der Waals surface area (Å²) in [5, 5.41) is 17.4. The summed E-state index contributed by atoms with van der Waals surface area (Å²) in [5.41, 5.74) is 4.07. The van der Waals surface area contributed by atoms with E-state index in [-0.39, 0.29) is 5.41 Å². The largest absolute Gasteiger partial charge is 0.396 e. The van der Waals surface area contributed by atoms with Gasteiger partial charge in [-0.3, -0.25) is 4.68 Å². The Balaban J connectivity index is 1.99. The molecule has 0 aromatic carbocycles. The van der Waals surface area contributed by atoms with Crippen LogP contribution in [0.4, 0.5) is 0 Å². The van der Waals surface area contributed by atoms with E-state index in [4.69, 9.17) is 0 Å². The number of aryl methyl sites for hydroxylation is 2. The Labute approximate surface area is 109 Å². The van der Waals surface area contributed by atoms with E-state index in [0.717, 1.165) is 38.8 Å². The summed E-state index contributed by atoms with van der Waals surface area (Å²) in [6.07, 6.45) is 4.32. The first-order chi connectivity index (χ1) is 8.65. The average Bonchev–Trinajstić information content (AvgIpc) is 3.09. The highest BCUT2D eigenvalue weighted by Gasteiger charge is 2.41. The molecule has 0 unspecified atom stereocenters. The molecule has 0 amide bonds. The van der Waals surface area contributed by atoms with E-state index < -0.39 is 0 Å². The summed E-state index contributed by atoms with van der Waals surface area (Å²) in [6, 6.07) is 0. The van der Waals surface area contributed by atoms with Crippen LogP contribution in [0.25, 0.3) is 0 Å². The van der Waals surface area contributed by atoms with Crippen LogP contribution in [0, 0.1) is 5.41 Å². The molecule has 1 aromatic heterocycles. The third-order valence-corrected chi connectivity index (χ3v) is 4.12. The molecule has 4 heteroatoms. The molecule has 0 spiro atoms. The summed E-state index contributed by atoms with van der Waals surface area (Å²) in [7, 11) is 2.03. The Hall–Kier alpha value is -0.870. The third kappa shape index (κ3) is 2.59. The van der Waals surface area contributed by atoms with Gasteiger partial charge in [-0.05, 0) is 25.7 Å². The topological polar surface area (TPSA) is 50.1 Å². The Morgan fingerprint density at radius 1 is 1.33 bits per heavy atom. The fraction of sp³-hybridized carbons (Fsp3) is 0.786. The van der Waals surface area contributed by atoms with Crippen LogP contribution < -0.4 is 5.32 Å². The number of aromatic nitrogens is 2. The maximum atomic E-state index is 9.30. The maximum Gasteiger partial charge on any atom is 0.0669 e. The number of aliphatic hydroxyl groups is 1. The molecule has 1 fully saturated rings. The molecule has 1 aliphatic carbocycles.